The normalized spacial score (nSPS) is 14.7. The van der Waals surface area contributed by atoms with Crippen LogP contribution in [0.15, 0.2) is 72.8 Å². The smallest absolute Gasteiger partial charge is 0.330 e. The molecule has 0 saturated heterocycles. The van der Waals surface area contributed by atoms with Crippen molar-refractivity contribution in [3.05, 3.63) is 105 Å². The van der Waals surface area contributed by atoms with Crippen LogP contribution in [-0.4, -0.2) is 54.9 Å². The van der Waals surface area contributed by atoms with Gasteiger partial charge in [-0.3, -0.25) is 19.3 Å². The summed E-state index contributed by atoms with van der Waals surface area (Å²) in [5.41, 5.74) is 0.465. The number of carbonyl (C=O) groups excluding carboxylic acids is 4. The van der Waals surface area contributed by atoms with Gasteiger partial charge in [-0.05, 0) is 18.6 Å². The molecule has 8 nitrogen and oxygen atoms in total. The Labute approximate surface area is 229 Å². The number of nitrogens with zero attached hydrogens (tertiary/aromatic N) is 1. The van der Waals surface area contributed by atoms with Crippen LogP contribution >= 0.6 is 23.2 Å². The zero-order valence-electron chi connectivity index (χ0n) is 20.0. The summed E-state index contributed by atoms with van der Waals surface area (Å²) in [5.74, 6) is -3.88. The van der Waals surface area contributed by atoms with E-state index < -0.39 is 57.7 Å². The number of ether oxygens (including phenoxy) is 1. The van der Waals surface area contributed by atoms with Crippen molar-refractivity contribution in [2.75, 3.05) is 12.0 Å². The van der Waals surface area contributed by atoms with E-state index in [1.165, 1.54) is 12.1 Å². The van der Waals surface area contributed by atoms with Crippen molar-refractivity contribution in [3.63, 3.8) is 0 Å². The maximum absolute atomic E-state index is 13.6. The summed E-state index contributed by atoms with van der Waals surface area (Å²) in [5, 5.41) is 0.0579. The number of sulfone groups is 1. The number of ketones is 1. The van der Waals surface area contributed by atoms with Gasteiger partial charge in [-0.2, -0.15) is 0 Å². The van der Waals surface area contributed by atoms with Crippen LogP contribution in [0.2, 0.25) is 10.0 Å². The third kappa shape index (κ3) is 5.80. The Morgan fingerprint density at radius 3 is 1.87 bits per heavy atom. The molecule has 2 amide bonds. The molecule has 0 radical (unpaired) electrons. The number of carbonyl (C=O) groups is 4. The van der Waals surface area contributed by atoms with Crippen LogP contribution in [0.5, 0.6) is 0 Å². The van der Waals surface area contributed by atoms with Crippen LogP contribution in [0, 0.1) is 0 Å². The van der Waals surface area contributed by atoms with Crippen LogP contribution in [0.1, 0.15) is 49.2 Å². The molecule has 2 atom stereocenters. The van der Waals surface area contributed by atoms with Crippen molar-refractivity contribution in [1.82, 2.24) is 4.90 Å². The number of Topliss-reactive ketones (excluding diaryl/α,β-unsaturated/α-hetero) is 1. The third-order valence-corrected chi connectivity index (χ3v) is 7.64. The lowest BCUT2D eigenvalue weighted by Gasteiger charge is -2.27. The molecule has 0 saturated carbocycles. The standard InChI is InChI=1S/C27H21Cl2NO7S/c1-38(35,36)13-12-22(30-25(32)18-14-20(28)21(29)15-19(18)26(30)33)27(34)37-24(17-10-6-3-7-11-17)23(31)16-8-4-2-5-9-16/h2-11,14-15,22,24H,12-13H2,1H3/t22-,24+/m0/s1. The van der Waals surface area contributed by atoms with E-state index in [-0.39, 0.29) is 26.7 Å². The van der Waals surface area contributed by atoms with Gasteiger partial charge in [0.1, 0.15) is 15.9 Å². The lowest BCUT2D eigenvalue weighted by atomic mass is 9.99. The Morgan fingerprint density at radius 2 is 1.37 bits per heavy atom. The summed E-state index contributed by atoms with van der Waals surface area (Å²) in [7, 11) is -3.60. The third-order valence-electron chi connectivity index (χ3n) is 5.94. The first-order chi connectivity index (χ1) is 18.0. The van der Waals surface area contributed by atoms with E-state index in [4.69, 9.17) is 27.9 Å². The minimum absolute atomic E-state index is 0.0290. The number of fused-ring (bicyclic) bond motifs is 1. The second-order valence-electron chi connectivity index (χ2n) is 8.68. The molecule has 3 aromatic carbocycles. The Hall–Kier alpha value is -3.53. The summed E-state index contributed by atoms with van der Waals surface area (Å²) < 4.78 is 29.6. The van der Waals surface area contributed by atoms with Crippen LogP contribution in [0.3, 0.4) is 0 Å². The highest BCUT2D eigenvalue weighted by Crippen LogP contribution is 2.34. The van der Waals surface area contributed by atoms with E-state index in [0.29, 0.717) is 10.5 Å². The molecule has 0 N–H and O–H groups in total. The molecular formula is C27H21Cl2NO7S. The average molecular weight is 574 g/mol. The molecule has 1 heterocycles. The predicted molar refractivity (Wildman–Crippen MR) is 141 cm³/mol. The van der Waals surface area contributed by atoms with Gasteiger partial charge in [-0.1, -0.05) is 83.9 Å². The molecule has 196 valence electrons. The summed E-state index contributed by atoms with van der Waals surface area (Å²) in [6.45, 7) is 0. The van der Waals surface area contributed by atoms with Crippen molar-refractivity contribution in [1.29, 1.82) is 0 Å². The molecular weight excluding hydrogens is 553 g/mol. The molecule has 0 spiro atoms. The molecule has 0 unspecified atom stereocenters. The molecule has 4 rings (SSSR count). The maximum atomic E-state index is 13.6. The fraction of sp³-hybridized carbons (Fsp3) is 0.185. The van der Waals surface area contributed by atoms with Crippen LogP contribution < -0.4 is 0 Å². The zero-order chi connectivity index (χ0) is 27.6. The number of rotatable bonds is 9. The summed E-state index contributed by atoms with van der Waals surface area (Å²) >= 11 is 12.0. The van der Waals surface area contributed by atoms with Gasteiger partial charge in [0.2, 0.25) is 5.78 Å². The van der Waals surface area contributed by atoms with Crippen LogP contribution in [0.25, 0.3) is 0 Å². The van der Waals surface area contributed by atoms with E-state index in [0.717, 1.165) is 6.26 Å². The van der Waals surface area contributed by atoms with Crippen molar-refractivity contribution in [2.24, 2.45) is 0 Å². The molecule has 0 aliphatic carbocycles. The number of halogens is 2. The molecule has 38 heavy (non-hydrogen) atoms. The van der Waals surface area contributed by atoms with Crippen molar-refractivity contribution in [3.8, 4) is 0 Å². The minimum atomic E-state index is -3.60. The lowest BCUT2D eigenvalue weighted by Crippen LogP contribution is -2.47. The molecule has 3 aromatic rings. The first-order valence-corrected chi connectivity index (χ1v) is 14.2. The first kappa shape index (κ1) is 27.5. The van der Waals surface area contributed by atoms with Gasteiger partial charge in [-0.15, -0.1) is 0 Å². The number of imide groups is 1. The van der Waals surface area contributed by atoms with Gasteiger partial charge in [0, 0.05) is 17.4 Å². The van der Waals surface area contributed by atoms with E-state index in [2.05, 4.69) is 0 Å². The summed E-state index contributed by atoms with van der Waals surface area (Å²) in [6.07, 6.45) is -0.889. The maximum Gasteiger partial charge on any atom is 0.330 e. The molecule has 0 bridgehead atoms. The van der Waals surface area contributed by atoms with Gasteiger partial charge in [0.05, 0.1) is 26.9 Å². The summed E-state index contributed by atoms with van der Waals surface area (Å²) in [6, 6.07) is 17.2. The van der Waals surface area contributed by atoms with Crippen molar-refractivity contribution >= 4 is 56.6 Å². The second-order valence-corrected chi connectivity index (χ2v) is 11.8. The quantitative estimate of drug-likeness (QED) is 0.209. The number of amides is 2. The average Bonchev–Trinajstić information content (AvgIpc) is 3.12. The highest BCUT2D eigenvalue weighted by atomic mass is 35.5. The van der Waals surface area contributed by atoms with Crippen molar-refractivity contribution in [2.45, 2.75) is 18.6 Å². The zero-order valence-corrected chi connectivity index (χ0v) is 22.3. The SMILES string of the molecule is CS(=O)(=O)CC[C@@H](C(=O)O[C@@H](C(=O)c1ccccc1)c1ccccc1)N1C(=O)c2cc(Cl)c(Cl)cc2C1=O. The van der Waals surface area contributed by atoms with E-state index in [1.807, 2.05) is 0 Å². The van der Waals surface area contributed by atoms with Gasteiger partial charge in [-0.25, -0.2) is 13.2 Å². The Kier molecular flexibility index (Phi) is 8.01. The van der Waals surface area contributed by atoms with Gasteiger partial charge in [0.25, 0.3) is 11.8 Å². The predicted octanol–water partition coefficient (Wildman–Crippen LogP) is 4.56. The van der Waals surface area contributed by atoms with E-state index in [9.17, 15) is 27.6 Å². The van der Waals surface area contributed by atoms with E-state index in [1.54, 1.807) is 60.7 Å². The van der Waals surface area contributed by atoms with Gasteiger partial charge in [0.15, 0.2) is 6.10 Å². The van der Waals surface area contributed by atoms with Gasteiger partial charge >= 0.3 is 5.97 Å². The lowest BCUT2D eigenvalue weighted by molar-refractivity contribution is -0.152. The monoisotopic (exact) mass is 573 g/mol. The summed E-state index contributed by atoms with van der Waals surface area (Å²) in [4.78, 5) is 54.1. The molecule has 1 aliphatic rings. The Bertz CT molecular complexity index is 1480. The molecule has 1 aliphatic heterocycles. The number of benzene rings is 3. The fourth-order valence-electron chi connectivity index (χ4n) is 4.06. The van der Waals surface area contributed by atoms with Crippen molar-refractivity contribution < 1.29 is 32.3 Å². The Balaban J connectivity index is 1.72. The van der Waals surface area contributed by atoms with Crippen LogP contribution in [-0.2, 0) is 19.4 Å². The number of hydrogen-bond acceptors (Lipinski definition) is 7. The molecule has 11 heteroatoms. The van der Waals surface area contributed by atoms with Gasteiger partial charge < -0.3 is 4.74 Å². The Morgan fingerprint density at radius 1 is 0.868 bits per heavy atom. The highest BCUT2D eigenvalue weighted by molar-refractivity contribution is 7.90. The highest BCUT2D eigenvalue weighted by Gasteiger charge is 2.45. The topological polar surface area (TPSA) is 115 Å². The molecule has 0 fully saturated rings. The minimum Gasteiger partial charge on any atom is -0.447 e. The fourth-order valence-corrected chi connectivity index (χ4v) is 5.04. The van der Waals surface area contributed by atoms with Crippen LogP contribution in [0.4, 0.5) is 0 Å². The number of esters is 1. The largest absolute Gasteiger partial charge is 0.447 e. The second kappa shape index (κ2) is 11.1. The first-order valence-electron chi connectivity index (χ1n) is 11.4. The van der Waals surface area contributed by atoms with E-state index >= 15 is 0 Å². The number of hydrogen-bond donors (Lipinski definition) is 0. The molecule has 0 aromatic heterocycles.